The van der Waals surface area contributed by atoms with E-state index < -0.39 is 0 Å². The fourth-order valence-electron chi connectivity index (χ4n) is 1.83. The molecular weight excluding hydrogens is 244 g/mol. The topological polar surface area (TPSA) is 62.6 Å². The molecule has 1 aliphatic rings. The highest BCUT2D eigenvalue weighted by Gasteiger charge is 2.18. The van der Waals surface area contributed by atoms with Crippen molar-refractivity contribution in [1.82, 2.24) is 4.90 Å². The maximum atomic E-state index is 12.1. The SMILES string of the molecule is CC(CC#N)N(C)CC(=O)c1ccc2c(c1)OCO2. The normalized spacial score (nSPS) is 14.2. The number of carbonyl (C=O) groups excluding carboxylic acids is 1. The fraction of sp³-hybridized carbons (Fsp3) is 0.429. The molecule has 1 heterocycles. The first kappa shape index (κ1) is 13.4. The zero-order chi connectivity index (χ0) is 13.8. The van der Waals surface area contributed by atoms with E-state index in [9.17, 15) is 4.79 Å². The van der Waals surface area contributed by atoms with Gasteiger partial charge in [0.05, 0.1) is 19.0 Å². The van der Waals surface area contributed by atoms with Crippen molar-refractivity contribution >= 4 is 5.78 Å². The second-order valence-electron chi connectivity index (χ2n) is 4.62. The third-order valence-corrected chi connectivity index (χ3v) is 3.23. The van der Waals surface area contributed by atoms with Gasteiger partial charge < -0.3 is 9.47 Å². The van der Waals surface area contributed by atoms with Crippen molar-refractivity contribution in [2.75, 3.05) is 20.4 Å². The Kier molecular flexibility index (Phi) is 4.03. The number of likely N-dealkylation sites (N-methyl/N-ethyl adjacent to an activating group) is 1. The average Bonchev–Trinajstić information content (AvgIpc) is 2.85. The van der Waals surface area contributed by atoms with Gasteiger partial charge >= 0.3 is 0 Å². The van der Waals surface area contributed by atoms with Gasteiger partial charge in [-0.1, -0.05) is 0 Å². The Balaban J connectivity index is 2.02. The Hall–Kier alpha value is -2.06. The molecule has 0 bridgehead atoms. The zero-order valence-electron chi connectivity index (χ0n) is 11.0. The monoisotopic (exact) mass is 260 g/mol. The summed E-state index contributed by atoms with van der Waals surface area (Å²) < 4.78 is 10.5. The number of Topliss-reactive ketones (excluding diaryl/α,β-unsaturated/α-hetero) is 1. The van der Waals surface area contributed by atoms with Crippen LogP contribution in [-0.2, 0) is 0 Å². The van der Waals surface area contributed by atoms with E-state index >= 15 is 0 Å². The first-order valence-corrected chi connectivity index (χ1v) is 6.12. The van der Waals surface area contributed by atoms with Gasteiger partial charge in [0.1, 0.15) is 0 Å². The van der Waals surface area contributed by atoms with E-state index in [1.165, 1.54) is 0 Å². The lowest BCUT2D eigenvalue weighted by atomic mass is 10.1. The predicted molar refractivity (Wildman–Crippen MR) is 69.2 cm³/mol. The van der Waals surface area contributed by atoms with E-state index in [-0.39, 0.29) is 25.2 Å². The van der Waals surface area contributed by atoms with Crippen molar-refractivity contribution < 1.29 is 14.3 Å². The van der Waals surface area contributed by atoms with E-state index in [1.807, 2.05) is 18.9 Å². The number of hydrogen-bond donors (Lipinski definition) is 0. The number of nitrogens with zero attached hydrogens (tertiary/aromatic N) is 2. The lowest BCUT2D eigenvalue weighted by molar-refractivity contribution is 0.0925. The summed E-state index contributed by atoms with van der Waals surface area (Å²) in [7, 11) is 1.84. The van der Waals surface area contributed by atoms with Crippen LogP contribution in [0.25, 0.3) is 0 Å². The van der Waals surface area contributed by atoms with Crippen LogP contribution < -0.4 is 9.47 Å². The predicted octanol–water partition coefficient (Wildman–Crippen LogP) is 1.83. The molecule has 5 heteroatoms. The van der Waals surface area contributed by atoms with Crippen LogP contribution in [0.5, 0.6) is 11.5 Å². The summed E-state index contributed by atoms with van der Waals surface area (Å²) in [5.74, 6) is 1.28. The molecule has 1 unspecified atom stereocenters. The van der Waals surface area contributed by atoms with Gasteiger partial charge in [0.25, 0.3) is 0 Å². The molecule has 0 saturated carbocycles. The summed E-state index contributed by atoms with van der Waals surface area (Å²) >= 11 is 0. The third-order valence-electron chi connectivity index (χ3n) is 3.23. The summed E-state index contributed by atoms with van der Waals surface area (Å²) in [6, 6.07) is 7.35. The number of nitriles is 1. The van der Waals surface area contributed by atoms with Gasteiger partial charge in [-0.25, -0.2) is 0 Å². The Morgan fingerprint density at radius 3 is 2.95 bits per heavy atom. The van der Waals surface area contributed by atoms with E-state index in [0.29, 0.717) is 23.5 Å². The summed E-state index contributed by atoms with van der Waals surface area (Å²) in [4.78, 5) is 14.0. The number of ether oxygens (including phenoxy) is 2. The zero-order valence-corrected chi connectivity index (χ0v) is 11.0. The Morgan fingerprint density at radius 1 is 1.47 bits per heavy atom. The minimum Gasteiger partial charge on any atom is -0.454 e. The summed E-state index contributed by atoms with van der Waals surface area (Å²) in [6.45, 7) is 2.41. The van der Waals surface area contributed by atoms with Crippen molar-refractivity contribution in [3.05, 3.63) is 23.8 Å². The van der Waals surface area contributed by atoms with Gasteiger partial charge in [-0.05, 0) is 32.2 Å². The highest BCUT2D eigenvalue weighted by atomic mass is 16.7. The molecule has 0 fully saturated rings. The van der Waals surface area contributed by atoms with Gasteiger partial charge in [0.15, 0.2) is 17.3 Å². The molecule has 5 nitrogen and oxygen atoms in total. The highest BCUT2D eigenvalue weighted by molar-refractivity contribution is 5.98. The molecule has 0 spiro atoms. The molecule has 2 rings (SSSR count). The maximum absolute atomic E-state index is 12.1. The van der Waals surface area contributed by atoms with E-state index in [0.717, 1.165) is 0 Å². The van der Waals surface area contributed by atoms with Crippen LogP contribution >= 0.6 is 0 Å². The first-order chi connectivity index (χ1) is 9.11. The quantitative estimate of drug-likeness (QED) is 0.756. The summed E-state index contributed by atoms with van der Waals surface area (Å²) in [5.41, 5.74) is 0.597. The third kappa shape index (κ3) is 3.04. The maximum Gasteiger partial charge on any atom is 0.231 e. The first-order valence-electron chi connectivity index (χ1n) is 6.12. The molecule has 0 radical (unpaired) electrons. The highest BCUT2D eigenvalue weighted by Crippen LogP contribution is 2.32. The van der Waals surface area contributed by atoms with Crippen molar-refractivity contribution in [1.29, 1.82) is 5.26 Å². The molecule has 1 aromatic rings. The minimum atomic E-state index is 0.00518. The van der Waals surface area contributed by atoms with Crippen molar-refractivity contribution in [3.63, 3.8) is 0 Å². The molecule has 19 heavy (non-hydrogen) atoms. The Labute approximate surface area is 112 Å². The molecule has 1 atom stereocenters. The number of benzene rings is 1. The molecular formula is C14H16N2O3. The lowest BCUT2D eigenvalue weighted by Crippen LogP contribution is -2.33. The number of fused-ring (bicyclic) bond motifs is 1. The van der Waals surface area contributed by atoms with Crippen LogP contribution in [0.2, 0.25) is 0 Å². The minimum absolute atomic E-state index is 0.00518. The van der Waals surface area contributed by atoms with Gasteiger partial charge in [0.2, 0.25) is 6.79 Å². The summed E-state index contributed by atoms with van der Waals surface area (Å²) in [6.07, 6.45) is 0.408. The molecule has 1 aliphatic heterocycles. The largest absolute Gasteiger partial charge is 0.454 e. The van der Waals surface area contributed by atoms with Crippen LogP contribution in [0.3, 0.4) is 0 Å². The van der Waals surface area contributed by atoms with Crippen LogP contribution in [0.15, 0.2) is 18.2 Å². The number of carbonyl (C=O) groups is 1. The van der Waals surface area contributed by atoms with Gasteiger partial charge in [-0.15, -0.1) is 0 Å². The van der Waals surface area contributed by atoms with E-state index in [1.54, 1.807) is 18.2 Å². The van der Waals surface area contributed by atoms with Gasteiger partial charge in [-0.2, -0.15) is 5.26 Å². The second kappa shape index (κ2) is 5.72. The molecule has 0 saturated heterocycles. The summed E-state index contributed by atoms with van der Waals surface area (Å²) in [5, 5.41) is 8.65. The molecule has 0 N–H and O–H groups in total. The lowest BCUT2D eigenvalue weighted by Gasteiger charge is -2.21. The van der Waals surface area contributed by atoms with Crippen molar-refractivity contribution in [2.24, 2.45) is 0 Å². The number of hydrogen-bond acceptors (Lipinski definition) is 5. The number of ketones is 1. The molecule has 100 valence electrons. The van der Waals surface area contributed by atoms with Crippen LogP contribution in [0.4, 0.5) is 0 Å². The van der Waals surface area contributed by atoms with Crippen LogP contribution in [0.1, 0.15) is 23.7 Å². The standard InChI is InChI=1S/C14H16N2O3/c1-10(5-6-15)16(2)8-12(17)11-3-4-13-14(7-11)19-9-18-13/h3-4,7,10H,5,8-9H2,1-2H3. The molecule has 1 aromatic carbocycles. The average molecular weight is 260 g/mol. The van der Waals surface area contributed by atoms with E-state index in [4.69, 9.17) is 14.7 Å². The van der Waals surface area contributed by atoms with Gasteiger partial charge in [0, 0.05) is 11.6 Å². The van der Waals surface area contributed by atoms with Crippen molar-refractivity contribution in [2.45, 2.75) is 19.4 Å². The second-order valence-corrected chi connectivity index (χ2v) is 4.62. The Bertz CT molecular complexity index is 522. The Morgan fingerprint density at radius 2 is 2.21 bits per heavy atom. The van der Waals surface area contributed by atoms with Crippen LogP contribution in [-0.4, -0.2) is 37.1 Å². The van der Waals surface area contributed by atoms with E-state index in [2.05, 4.69) is 6.07 Å². The molecule has 0 aliphatic carbocycles. The fourth-order valence-corrected chi connectivity index (χ4v) is 1.83. The molecule has 0 aromatic heterocycles. The smallest absolute Gasteiger partial charge is 0.231 e. The van der Waals surface area contributed by atoms with Gasteiger partial charge in [-0.3, -0.25) is 9.69 Å². The van der Waals surface area contributed by atoms with Crippen molar-refractivity contribution in [3.8, 4) is 17.6 Å². The molecule has 0 amide bonds. The van der Waals surface area contributed by atoms with Crippen LogP contribution in [0, 0.1) is 11.3 Å². The number of rotatable bonds is 5.